The SMILES string of the molecule is CC(CO)N(C)C(=O)/C=C/c1cc(Br)ccc1F. The molecule has 0 aliphatic heterocycles. The van der Waals surface area contributed by atoms with E-state index in [0.717, 1.165) is 4.47 Å². The summed E-state index contributed by atoms with van der Waals surface area (Å²) >= 11 is 3.24. The predicted octanol–water partition coefficient (Wildman–Crippen LogP) is 2.44. The van der Waals surface area contributed by atoms with E-state index >= 15 is 0 Å². The maximum absolute atomic E-state index is 13.4. The fraction of sp³-hybridized carbons (Fsp3) is 0.308. The average Bonchev–Trinajstić information content (AvgIpc) is 2.37. The molecule has 0 aliphatic carbocycles. The number of aliphatic hydroxyl groups excluding tert-OH is 1. The number of hydrogen-bond donors (Lipinski definition) is 1. The van der Waals surface area contributed by atoms with Gasteiger partial charge in [0, 0.05) is 23.2 Å². The first kappa shape index (κ1) is 14.9. The van der Waals surface area contributed by atoms with Crippen molar-refractivity contribution in [2.24, 2.45) is 0 Å². The standard InChI is InChI=1S/C13H15BrFNO2/c1-9(8-17)16(2)13(18)6-3-10-7-11(14)4-5-12(10)15/h3-7,9,17H,8H2,1-2H3/b6-3+. The van der Waals surface area contributed by atoms with Gasteiger partial charge in [-0.3, -0.25) is 4.79 Å². The topological polar surface area (TPSA) is 40.5 Å². The first-order chi connectivity index (χ1) is 8.45. The van der Waals surface area contributed by atoms with E-state index in [0.29, 0.717) is 5.56 Å². The number of hydrogen-bond acceptors (Lipinski definition) is 2. The van der Waals surface area contributed by atoms with Crippen LogP contribution in [-0.2, 0) is 4.79 Å². The molecule has 0 saturated carbocycles. The molecular formula is C13H15BrFNO2. The molecule has 0 heterocycles. The van der Waals surface area contributed by atoms with Crippen LogP contribution in [0.5, 0.6) is 0 Å². The van der Waals surface area contributed by atoms with Gasteiger partial charge in [0.25, 0.3) is 0 Å². The summed E-state index contributed by atoms with van der Waals surface area (Å²) in [5.41, 5.74) is 0.336. The number of amides is 1. The number of carbonyl (C=O) groups excluding carboxylic acids is 1. The van der Waals surface area contributed by atoms with Crippen molar-refractivity contribution in [1.29, 1.82) is 0 Å². The van der Waals surface area contributed by atoms with E-state index in [1.165, 1.54) is 23.1 Å². The van der Waals surface area contributed by atoms with Crippen molar-refractivity contribution in [2.45, 2.75) is 13.0 Å². The summed E-state index contributed by atoms with van der Waals surface area (Å²) in [6, 6.07) is 4.24. The summed E-state index contributed by atoms with van der Waals surface area (Å²) in [5.74, 6) is -0.670. The summed E-state index contributed by atoms with van der Waals surface area (Å²) in [4.78, 5) is 13.1. The van der Waals surface area contributed by atoms with Gasteiger partial charge < -0.3 is 10.0 Å². The van der Waals surface area contributed by atoms with Crippen LogP contribution in [0.25, 0.3) is 6.08 Å². The maximum Gasteiger partial charge on any atom is 0.246 e. The molecule has 0 radical (unpaired) electrons. The Morgan fingerprint density at radius 3 is 2.89 bits per heavy atom. The lowest BCUT2D eigenvalue weighted by atomic mass is 10.2. The van der Waals surface area contributed by atoms with Crippen molar-refractivity contribution in [3.05, 3.63) is 40.1 Å². The van der Waals surface area contributed by atoms with Crippen LogP contribution < -0.4 is 0 Å². The highest BCUT2D eigenvalue weighted by atomic mass is 79.9. The van der Waals surface area contributed by atoms with Gasteiger partial charge >= 0.3 is 0 Å². The molecule has 98 valence electrons. The quantitative estimate of drug-likeness (QED) is 0.867. The summed E-state index contributed by atoms with van der Waals surface area (Å²) in [6.07, 6.45) is 2.71. The molecule has 5 heteroatoms. The van der Waals surface area contributed by atoms with Crippen molar-refractivity contribution in [3.8, 4) is 0 Å². The Labute approximate surface area is 114 Å². The fourth-order valence-electron chi connectivity index (χ4n) is 1.26. The molecule has 0 saturated heterocycles. The first-order valence-electron chi connectivity index (χ1n) is 5.46. The molecule has 1 atom stereocenters. The molecular weight excluding hydrogens is 301 g/mol. The summed E-state index contributed by atoms with van der Waals surface area (Å²) in [5, 5.41) is 8.94. The third-order valence-electron chi connectivity index (χ3n) is 2.64. The lowest BCUT2D eigenvalue weighted by molar-refractivity contribution is -0.127. The number of benzene rings is 1. The van der Waals surface area contributed by atoms with Gasteiger partial charge in [-0.25, -0.2) is 4.39 Å². The van der Waals surface area contributed by atoms with Crippen LogP contribution in [0.15, 0.2) is 28.7 Å². The van der Waals surface area contributed by atoms with E-state index in [9.17, 15) is 9.18 Å². The van der Waals surface area contributed by atoms with Gasteiger partial charge in [0.1, 0.15) is 5.82 Å². The minimum atomic E-state index is -0.389. The number of nitrogens with zero attached hydrogens (tertiary/aromatic N) is 1. The lowest BCUT2D eigenvalue weighted by Crippen LogP contribution is -2.36. The van der Waals surface area contributed by atoms with Crippen LogP contribution in [-0.4, -0.2) is 35.6 Å². The first-order valence-corrected chi connectivity index (χ1v) is 6.25. The van der Waals surface area contributed by atoms with E-state index in [1.54, 1.807) is 26.1 Å². The van der Waals surface area contributed by atoms with E-state index < -0.39 is 0 Å². The van der Waals surface area contributed by atoms with Gasteiger partial charge in [-0.15, -0.1) is 0 Å². The van der Waals surface area contributed by atoms with E-state index in [-0.39, 0.29) is 24.4 Å². The van der Waals surface area contributed by atoms with Gasteiger partial charge in [0.2, 0.25) is 5.91 Å². The van der Waals surface area contributed by atoms with Crippen molar-refractivity contribution in [2.75, 3.05) is 13.7 Å². The zero-order valence-electron chi connectivity index (χ0n) is 10.2. The molecule has 1 rings (SSSR count). The summed E-state index contributed by atoms with van der Waals surface area (Å²) < 4.78 is 14.2. The molecule has 0 spiro atoms. The number of halogens is 2. The largest absolute Gasteiger partial charge is 0.394 e. The molecule has 1 amide bonds. The Hall–Kier alpha value is -1.20. The van der Waals surface area contributed by atoms with Gasteiger partial charge in [0.15, 0.2) is 0 Å². The molecule has 3 nitrogen and oxygen atoms in total. The average molecular weight is 316 g/mol. The second kappa shape index (κ2) is 6.66. The molecule has 1 aromatic carbocycles. The Balaban J connectivity index is 2.80. The zero-order chi connectivity index (χ0) is 13.7. The van der Waals surface area contributed by atoms with Crippen molar-refractivity contribution in [1.82, 2.24) is 4.90 Å². The van der Waals surface area contributed by atoms with Crippen LogP contribution in [0, 0.1) is 5.82 Å². The van der Waals surface area contributed by atoms with Crippen LogP contribution in [0.1, 0.15) is 12.5 Å². The number of carbonyl (C=O) groups is 1. The summed E-state index contributed by atoms with van der Waals surface area (Å²) in [6.45, 7) is 1.62. The molecule has 0 fully saturated rings. The minimum Gasteiger partial charge on any atom is -0.394 e. The normalized spacial score (nSPS) is 12.7. The van der Waals surface area contributed by atoms with Crippen molar-refractivity contribution < 1.29 is 14.3 Å². The third kappa shape index (κ3) is 3.92. The molecule has 18 heavy (non-hydrogen) atoms. The molecule has 0 aliphatic rings. The van der Waals surface area contributed by atoms with Crippen LogP contribution in [0.2, 0.25) is 0 Å². The highest BCUT2D eigenvalue weighted by Gasteiger charge is 2.12. The Kier molecular flexibility index (Phi) is 5.50. The van der Waals surface area contributed by atoms with E-state index in [2.05, 4.69) is 15.9 Å². The zero-order valence-corrected chi connectivity index (χ0v) is 11.8. The third-order valence-corrected chi connectivity index (χ3v) is 3.13. The number of aliphatic hydroxyl groups is 1. The van der Waals surface area contributed by atoms with E-state index in [1.807, 2.05) is 0 Å². The van der Waals surface area contributed by atoms with Crippen LogP contribution >= 0.6 is 15.9 Å². The molecule has 1 unspecified atom stereocenters. The van der Waals surface area contributed by atoms with Crippen molar-refractivity contribution >= 4 is 27.9 Å². The van der Waals surface area contributed by atoms with Crippen LogP contribution in [0.4, 0.5) is 4.39 Å². The fourth-order valence-corrected chi connectivity index (χ4v) is 1.64. The van der Waals surface area contributed by atoms with Gasteiger partial charge in [0.05, 0.1) is 12.6 Å². The predicted molar refractivity (Wildman–Crippen MR) is 72.5 cm³/mol. The van der Waals surface area contributed by atoms with Crippen LogP contribution in [0.3, 0.4) is 0 Å². The monoisotopic (exact) mass is 315 g/mol. The van der Waals surface area contributed by atoms with Gasteiger partial charge in [-0.2, -0.15) is 0 Å². The molecule has 0 aromatic heterocycles. The van der Waals surface area contributed by atoms with Gasteiger partial charge in [-0.05, 0) is 31.2 Å². The molecule has 0 bridgehead atoms. The highest BCUT2D eigenvalue weighted by Crippen LogP contribution is 2.16. The summed E-state index contributed by atoms with van der Waals surface area (Å²) in [7, 11) is 1.59. The molecule has 1 aromatic rings. The second-order valence-corrected chi connectivity index (χ2v) is 4.90. The minimum absolute atomic E-state index is 0.110. The number of rotatable bonds is 4. The Bertz CT molecular complexity index is 462. The Morgan fingerprint density at radius 2 is 2.28 bits per heavy atom. The molecule has 1 N–H and O–H groups in total. The van der Waals surface area contributed by atoms with Crippen molar-refractivity contribution in [3.63, 3.8) is 0 Å². The lowest BCUT2D eigenvalue weighted by Gasteiger charge is -2.21. The van der Waals surface area contributed by atoms with E-state index in [4.69, 9.17) is 5.11 Å². The second-order valence-electron chi connectivity index (χ2n) is 3.98. The maximum atomic E-state index is 13.4. The Morgan fingerprint density at radius 1 is 1.61 bits per heavy atom. The highest BCUT2D eigenvalue weighted by molar-refractivity contribution is 9.10. The smallest absolute Gasteiger partial charge is 0.246 e. The number of likely N-dealkylation sites (N-methyl/N-ethyl adjacent to an activating group) is 1. The van der Waals surface area contributed by atoms with Gasteiger partial charge in [-0.1, -0.05) is 15.9 Å².